The molecule has 0 spiro atoms. The number of benzene rings is 2. The SMILES string of the molecule is CCCCc1c(O)/c(=C2\C(=O)C(=O)C(c3cc4c5c(c3O)CCCN5CCC4)=C2O)cc2c1=NCCC2. The van der Waals surface area contributed by atoms with Crippen molar-refractivity contribution in [1.82, 2.24) is 0 Å². The van der Waals surface area contributed by atoms with E-state index in [-0.39, 0.29) is 33.4 Å². The second kappa shape index (κ2) is 9.05. The number of fused-ring (bicyclic) bond motifs is 1. The lowest BCUT2D eigenvalue weighted by molar-refractivity contribution is -0.129. The summed E-state index contributed by atoms with van der Waals surface area (Å²) in [5, 5.41) is 34.9. The topological polar surface area (TPSA) is 110 Å². The van der Waals surface area contributed by atoms with Gasteiger partial charge in [-0.1, -0.05) is 13.3 Å². The van der Waals surface area contributed by atoms with Gasteiger partial charge in [-0.3, -0.25) is 14.6 Å². The number of aliphatic hydroxyl groups excluding tert-OH is 1. The molecule has 0 fully saturated rings. The number of Topliss-reactive ketones (excluding diaryl/α,β-unsaturated/α-hetero) is 2. The predicted octanol–water partition coefficient (Wildman–Crippen LogP) is 2.98. The minimum absolute atomic E-state index is 0.0357. The Kier molecular flexibility index (Phi) is 5.81. The third-order valence-electron chi connectivity index (χ3n) is 8.27. The number of hydrogen-bond donors (Lipinski definition) is 3. The standard InChI is InChI=1S/C30H32N2O5/c1-2-3-9-18-24-16(7-4-11-31-24)14-20(26(18)33)22-28(35)23(30(37)29(22)36)21-15-17-8-5-12-32-13-6-10-19(25(17)32)27(21)34/h14-15,33-35H,2-13H2,1H3/b22-20-. The number of ketones is 2. The van der Waals surface area contributed by atoms with Crippen LogP contribution in [-0.4, -0.2) is 46.5 Å². The van der Waals surface area contributed by atoms with Crippen molar-refractivity contribution >= 4 is 28.4 Å². The third-order valence-corrected chi connectivity index (χ3v) is 8.27. The van der Waals surface area contributed by atoms with Gasteiger partial charge in [-0.25, -0.2) is 0 Å². The molecule has 0 bridgehead atoms. The van der Waals surface area contributed by atoms with Gasteiger partial charge in [0.15, 0.2) is 0 Å². The number of aliphatic hydroxyl groups is 1. The number of unbranched alkanes of at least 4 members (excludes halogenated alkanes) is 1. The van der Waals surface area contributed by atoms with Crippen LogP contribution in [0.25, 0.3) is 11.1 Å². The zero-order valence-corrected chi connectivity index (χ0v) is 21.2. The molecule has 3 heterocycles. The summed E-state index contributed by atoms with van der Waals surface area (Å²) in [5.74, 6) is -2.31. The molecule has 3 aliphatic heterocycles. The minimum atomic E-state index is -0.857. The summed E-state index contributed by atoms with van der Waals surface area (Å²) in [6.07, 6.45) is 7.35. The molecule has 7 nitrogen and oxygen atoms in total. The molecule has 0 saturated heterocycles. The van der Waals surface area contributed by atoms with Gasteiger partial charge in [0.25, 0.3) is 0 Å². The zero-order chi connectivity index (χ0) is 25.8. The first kappa shape index (κ1) is 23.8. The lowest BCUT2D eigenvalue weighted by Gasteiger charge is -2.37. The fraction of sp³-hybridized carbons (Fsp3) is 0.433. The van der Waals surface area contributed by atoms with E-state index in [2.05, 4.69) is 16.8 Å². The molecule has 192 valence electrons. The molecule has 2 aromatic rings. The quantitative estimate of drug-likeness (QED) is 0.557. The van der Waals surface area contributed by atoms with Gasteiger partial charge >= 0.3 is 0 Å². The molecule has 37 heavy (non-hydrogen) atoms. The number of nitrogens with zero attached hydrogens (tertiary/aromatic N) is 2. The summed E-state index contributed by atoms with van der Waals surface area (Å²) >= 11 is 0. The van der Waals surface area contributed by atoms with Gasteiger partial charge in [-0.15, -0.1) is 0 Å². The minimum Gasteiger partial charge on any atom is -0.507 e. The lowest BCUT2D eigenvalue weighted by Crippen LogP contribution is -2.34. The average molecular weight is 501 g/mol. The molecule has 0 atom stereocenters. The fourth-order valence-corrected chi connectivity index (χ4v) is 6.51. The molecule has 6 rings (SSSR count). The number of aromatic hydroxyl groups is 2. The van der Waals surface area contributed by atoms with Crippen molar-refractivity contribution in [3.63, 3.8) is 0 Å². The van der Waals surface area contributed by atoms with Crippen molar-refractivity contribution in [2.75, 3.05) is 24.5 Å². The van der Waals surface area contributed by atoms with Crippen LogP contribution in [0.5, 0.6) is 11.5 Å². The van der Waals surface area contributed by atoms with Crippen LogP contribution in [0.2, 0.25) is 0 Å². The van der Waals surface area contributed by atoms with Gasteiger partial charge in [0, 0.05) is 47.2 Å². The first-order chi connectivity index (χ1) is 17.9. The Balaban J connectivity index is 1.61. The summed E-state index contributed by atoms with van der Waals surface area (Å²) in [5.41, 5.74) is 4.30. The zero-order valence-electron chi connectivity index (χ0n) is 21.2. The van der Waals surface area contributed by atoms with Gasteiger partial charge in [-0.2, -0.15) is 0 Å². The van der Waals surface area contributed by atoms with E-state index in [1.807, 2.05) is 0 Å². The Labute approximate surface area is 215 Å². The molecule has 1 aliphatic carbocycles. The maximum absolute atomic E-state index is 13.4. The Morgan fingerprint density at radius 2 is 1.62 bits per heavy atom. The summed E-state index contributed by atoms with van der Waals surface area (Å²) in [6, 6.07) is 3.47. The van der Waals surface area contributed by atoms with Gasteiger partial charge < -0.3 is 20.2 Å². The highest BCUT2D eigenvalue weighted by Crippen LogP contribution is 2.46. The van der Waals surface area contributed by atoms with E-state index in [1.54, 1.807) is 12.1 Å². The van der Waals surface area contributed by atoms with Gasteiger partial charge in [-0.05, 0) is 74.6 Å². The summed E-state index contributed by atoms with van der Waals surface area (Å²) in [4.78, 5) is 33.6. The Hall–Kier alpha value is -3.61. The molecule has 4 aliphatic rings. The van der Waals surface area contributed by atoms with Gasteiger partial charge in [0.2, 0.25) is 11.6 Å². The van der Waals surface area contributed by atoms with Crippen LogP contribution in [0.3, 0.4) is 0 Å². The molecule has 0 amide bonds. The highest BCUT2D eigenvalue weighted by atomic mass is 16.3. The summed E-state index contributed by atoms with van der Waals surface area (Å²) < 4.78 is 0. The predicted molar refractivity (Wildman–Crippen MR) is 141 cm³/mol. The number of carbonyl (C=O) groups excluding carboxylic acids is 2. The number of rotatable bonds is 4. The van der Waals surface area contributed by atoms with Gasteiger partial charge in [0.05, 0.1) is 16.5 Å². The van der Waals surface area contributed by atoms with E-state index < -0.39 is 17.3 Å². The molecule has 0 saturated carbocycles. The lowest BCUT2D eigenvalue weighted by atomic mass is 9.87. The smallest absolute Gasteiger partial charge is 0.238 e. The highest BCUT2D eigenvalue weighted by molar-refractivity contribution is 6.70. The number of allylic oxidation sites excluding steroid dienone is 2. The fourth-order valence-electron chi connectivity index (χ4n) is 6.51. The van der Waals surface area contributed by atoms with E-state index in [1.165, 1.54) is 0 Å². The largest absolute Gasteiger partial charge is 0.507 e. The summed E-state index contributed by atoms with van der Waals surface area (Å²) in [7, 11) is 0. The first-order valence-corrected chi connectivity index (χ1v) is 13.5. The Morgan fingerprint density at radius 3 is 2.41 bits per heavy atom. The number of hydrogen-bond acceptors (Lipinski definition) is 7. The van der Waals surface area contributed by atoms with Gasteiger partial charge in [0.1, 0.15) is 17.3 Å². The van der Waals surface area contributed by atoms with Crippen molar-refractivity contribution in [3.8, 4) is 11.5 Å². The molecule has 2 aromatic carbocycles. The average Bonchev–Trinajstić information content (AvgIpc) is 3.13. The van der Waals surface area contributed by atoms with Crippen LogP contribution in [0.4, 0.5) is 5.69 Å². The van der Waals surface area contributed by atoms with Crippen LogP contribution in [0, 0.1) is 0 Å². The highest BCUT2D eigenvalue weighted by Gasteiger charge is 2.41. The van der Waals surface area contributed by atoms with Crippen molar-refractivity contribution in [2.45, 2.75) is 64.7 Å². The van der Waals surface area contributed by atoms with Crippen LogP contribution in [0.15, 0.2) is 22.9 Å². The molecule has 0 radical (unpaired) electrons. The van der Waals surface area contributed by atoms with E-state index >= 15 is 0 Å². The van der Waals surface area contributed by atoms with Crippen molar-refractivity contribution < 1.29 is 24.9 Å². The maximum atomic E-state index is 13.4. The summed E-state index contributed by atoms with van der Waals surface area (Å²) in [6.45, 7) is 4.63. The van der Waals surface area contributed by atoms with E-state index in [0.717, 1.165) is 85.8 Å². The monoisotopic (exact) mass is 500 g/mol. The van der Waals surface area contributed by atoms with Crippen molar-refractivity contribution in [2.24, 2.45) is 4.99 Å². The molecular weight excluding hydrogens is 468 g/mol. The van der Waals surface area contributed by atoms with Crippen LogP contribution in [-0.2, 0) is 35.3 Å². The number of aryl methyl sites for hydroxylation is 2. The number of anilines is 1. The number of carbonyl (C=O) groups is 2. The van der Waals surface area contributed by atoms with E-state index in [0.29, 0.717) is 24.9 Å². The second-order valence-corrected chi connectivity index (χ2v) is 10.6. The number of phenols is 2. The van der Waals surface area contributed by atoms with Crippen LogP contribution >= 0.6 is 0 Å². The molecular formula is C30H32N2O5. The van der Waals surface area contributed by atoms with Crippen LogP contribution < -0.4 is 15.5 Å². The van der Waals surface area contributed by atoms with Crippen molar-refractivity contribution in [1.29, 1.82) is 0 Å². The first-order valence-electron chi connectivity index (χ1n) is 13.5. The Bertz CT molecular complexity index is 1520. The van der Waals surface area contributed by atoms with E-state index in [4.69, 9.17) is 0 Å². The van der Waals surface area contributed by atoms with Crippen LogP contribution in [0.1, 0.15) is 66.8 Å². The second-order valence-electron chi connectivity index (χ2n) is 10.6. The molecule has 0 unspecified atom stereocenters. The van der Waals surface area contributed by atoms with E-state index in [9.17, 15) is 24.9 Å². The maximum Gasteiger partial charge on any atom is 0.238 e. The van der Waals surface area contributed by atoms with Crippen molar-refractivity contribution in [3.05, 3.63) is 56.3 Å². The Morgan fingerprint density at radius 1 is 0.892 bits per heavy atom. The molecule has 7 heteroatoms. The third kappa shape index (κ3) is 3.58. The molecule has 3 N–H and O–H groups in total. The molecule has 0 aromatic heterocycles. The number of phenolic OH excluding ortho intramolecular Hbond substituents is 2. The normalized spacial score (nSPS) is 20.2.